The maximum absolute atomic E-state index is 10.2. The Labute approximate surface area is 220 Å². The molecule has 0 radical (unpaired) electrons. The Morgan fingerprint density at radius 3 is 2.54 bits per heavy atom. The molecule has 0 bridgehead atoms. The summed E-state index contributed by atoms with van der Waals surface area (Å²) in [5, 5.41) is 11.7. The SMILES string of the molecule is Cn1cncc1-c1nccc(CO)c1-c1ccc2nc(N3CCOCC3)c(-c3ccccc3)c(Cl)c2c1. The summed E-state index contributed by atoms with van der Waals surface area (Å²) >= 11 is 7.22. The third-order valence-corrected chi connectivity index (χ3v) is 7.22. The third-order valence-electron chi connectivity index (χ3n) is 6.83. The third kappa shape index (κ3) is 4.25. The topological polar surface area (TPSA) is 76.3 Å². The van der Waals surface area contributed by atoms with Gasteiger partial charge in [0.15, 0.2) is 0 Å². The molecule has 5 aromatic rings. The molecule has 1 N–H and O–H groups in total. The maximum atomic E-state index is 10.2. The second kappa shape index (κ2) is 9.94. The Bertz CT molecular complexity index is 1580. The Morgan fingerprint density at radius 2 is 1.81 bits per heavy atom. The van der Waals surface area contributed by atoms with Gasteiger partial charge in [0, 0.05) is 42.8 Å². The van der Waals surface area contributed by atoms with E-state index in [9.17, 15) is 5.11 Å². The summed E-state index contributed by atoms with van der Waals surface area (Å²) in [5.41, 5.74) is 6.89. The molecule has 1 aliphatic rings. The van der Waals surface area contributed by atoms with Crippen molar-refractivity contribution in [2.24, 2.45) is 7.05 Å². The molecule has 0 spiro atoms. The summed E-state index contributed by atoms with van der Waals surface area (Å²) in [6.07, 6.45) is 5.24. The van der Waals surface area contributed by atoms with Gasteiger partial charge in [0.1, 0.15) is 5.82 Å². The van der Waals surface area contributed by atoms with E-state index in [4.69, 9.17) is 21.3 Å². The van der Waals surface area contributed by atoms with Crippen molar-refractivity contribution in [1.29, 1.82) is 0 Å². The smallest absolute Gasteiger partial charge is 0.138 e. The lowest BCUT2D eigenvalue weighted by Gasteiger charge is -2.30. The minimum absolute atomic E-state index is 0.113. The number of nitrogens with zero attached hydrogens (tertiary/aromatic N) is 5. The second-order valence-corrected chi connectivity index (χ2v) is 9.44. The van der Waals surface area contributed by atoms with Gasteiger partial charge in [-0.15, -0.1) is 0 Å². The normalized spacial score (nSPS) is 13.9. The van der Waals surface area contributed by atoms with Gasteiger partial charge in [0.05, 0.1) is 54.3 Å². The first-order chi connectivity index (χ1) is 18.2. The molecule has 3 aromatic heterocycles. The Morgan fingerprint density at radius 1 is 1.00 bits per heavy atom. The molecule has 0 aliphatic carbocycles. The van der Waals surface area contributed by atoms with Crippen LogP contribution in [0.4, 0.5) is 5.82 Å². The molecule has 7 nitrogen and oxygen atoms in total. The number of anilines is 1. The molecule has 2 aromatic carbocycles. The number of ether oxygens (including phenoxy) is 1. The van der Waals surface area contributed by atoms with E-state index < -0.39 is 0 Å². The van der Waals surface area contributed by atoms with E-state index in [1.807, 2.05) is 48.0 Å². The van der Waals surface area contributed by atoms with Crippen LogP contribution in [0.5, 0.6) is 0 Å². The number of aryl methyl sites for hydroxylation is 1. The van der Waals surface area contributed by atoms with Crippen LogP contribution in [0, 0.1) is 0 Å². The van der Waals surface area contributed by atoms with Gasteiger partial charge in [-0.25, -0.2) is 9.97 Å². The van der Waals surface area contributed by atoms with Crippen molar-refractivity contribution < 1.29 is 9.84 Å². The predicted octanol–water partition coefficient (Wildman–Crippen LogP) is 5.35. The number of hydrogen-bond acceptors (Lipinski definition) is 6. The number of aliphatic hydroxyl groups excluding tert-OH is 1. The number of hydrogen-bond donors (Lipinski definition) is 1. The van der Waals surface area contributed by atoms with Crippen molar-refractivity contribution in [3.8, 4) is 33.6 Å². The number of rotatable bonds is 5. The molecular formula is C29H26ClN5O2. The molecule has 0 atom stereocenters. The summed E-state index contributed by atoms with van der Waals surface area (Å²) in [5.74, 6) is 0.868. The van der Waals surface area contributed by atoms with Gasteiger partial charge in [-0.1, -0.05) is 48.0 Å². The van der Waals surface area contributed by atoms with Crippen LogP contribution in [-0.2, 0) is 18.4 Å². The molecule has 0 amide bonds. The van der Waals surface area contributed by atoms with Crippen molar-refractivity contribution in [1.82, 2.24) is 19.5 Å². The molecule has 1 aliphatic heterocycles. The standard InChI is InChI=1S/C29H26ClN5O2/c1-34-18-31-16-24(34)28-25(21(17-36)9-10-32-28)20-7-8-23-22(15-20)27(30)26(19-5-3-2-4-6-19)29(33-23)35-11-13-37-14-12-35/h2-10,15-16,18,36H,11-14,17H2,1H3. The summed E-state index contributed by atoms with van der Waals surface area (Å²) in [6, 6.07) is 18.1. The summed E-state index contributed by atoms with van der Waals surface area (Å²) < 4.78 is 7.51. The number of halogens is 1. The molecule has 8 heteroatoms. The van der Waals surface area contributed by atoms with E-state index in [2.05, 4.69) is 33.1 Å². The highest BCUT2D eigenvalue weighted by Crippen LogP contribution is 2.42. The lowest BCUT2D eigenvalue weighted by molar-refractivity contribution is 0.122. The number of benzene rings is 2. The van der Waals surface area contributed by atoms with Crippen molar-refractivity contribution in [3.63, 3.8) is 0 Å². The van der Waals surface area contributed by atoms with Crippen LogP contribution in [0.2, 0.25) is 5.02 Å². The molecule has 1 saturated heterocycles. The van der Waals surface area contributed by atoms with Crippen LogP contribution in [0.3, 0.4) is 0 Å². The Balaban J connectivity index is 1.59. The highest BCUT2D eigenvalue weighted by Gasteiger charge is 2.23. The van der Waals surface area contributed by atoms with Crippen molar-refractivity contribution in [2.45, 2.75) is 6.61 Å². The van der Waals surface area contributed by atoms with Gasteiger partial charge >= 0.3 is 0 Å². The number of aliphatic hydroxyl groups is 1. The lowest BCUT2D eigenvalue weighted by Crippen LogP contribution is -2.37. The fourth-order valence-corrected chi connectivity index (χ4v) is 5.31. The van der Waals surface area contributed by atoms with Crippen molar-refractivity contribution in [3.05, 3.63) is 83.9 Å². The van der Waals surface area contributed by atoms with E-state index in [0.717, 1.165) is 69.0 Å². The van der Waals surface area contributed by atoms with Gasteiger partial charge < -0.3 is 19.3 Å². The minimum Gasteiger partial charge on any atom is -0.392 e. The summed E-state index contributed by atoms with van der Waals surface area (Å²) in [7, 11) is 1.93. The van der Waals surface area contributed by atoms with Crippen LogP contribution in [0.15, 0.2) is 73.3 Å². The minimum atomic E-state index is -0.113. The largest absolute Gasteiger partial charge is 0.392 e. The Kier molecular flexibility index (Phi) is 6.34. The average molecular weight is 512 g/mol. The first-order valence-electron chi connectivity index (χ1n) is 12.2. The van der Waals surface area contributed by atoms with Gasteiger partial charge in [-0.3, -0.25) is 4.98 Å². The fourth-order valence-electron chi connectivity index (χ4n) is 4.97. The molecule has 0 saturated carbocycles. The van der Waals surface area contributed by atoms with Crippen LogP contribution >= 0.6 is 11.6 Å². The number of morpholine rings is 1. The molecule has 0 unspecified atom stereocenters. The van der Waals surface area contributed by atoms with Crippen molar-refractivity contribution in [2.75, 3.05) is 31.2 Å². The van der Waals surface area contributed by atoms with E-state index in [-0.39, 0.29) is 6.61 Å². The lowest BCUT2D eigenvalue weighted by atomic mass is 9.95. The second-order valence-electron chi connectivity index (χ2n) is 9.06. The predicted molar refractivity (Wildman–Crippen MR) is 147 cm³/mol. The molecule has 37 heavy (non-hydrogen) atoms. The highest BCUT2D eigenvalue weighted by atomic mass is 35.5. The molecule has 6 rings (SSSR count). The van der Waals surface area contributed by atoms with E-state index in [1.54, 1.807) is 18.7 Å². The zero-order valence-corrected chi connectivity index (χ0v) is 21.2. The quantitative estimate of drug-likeness (QED) is 0.343. The number of pyridine rings is 2. The first-order valence-corrected chi connectivity index (χ1v) is 12.6. The van der Waals surface area contributed by atoms with Crippen molar-refractivity contribution >= 4 is 28.3 Å². The summed E-state index contributed by atoms with van der Waals surface area (Å²) in [4.78, 5) is 16.3. The van der Waals surface area contributed by atoms with Crippen LogP contribution in [-0.4, -0.2) is 50.9 Å². The molecular weight excluding hydrogens is 486 g/mol. The average Bonchev–Trinajstić information content (AvgIpc) is 3.39. The fraction of sp³-hybridized carbons (Fsp3) is 0.207. The zero-order valence-electron chi connectivity index (χ0n) is 20.4. The molecule has 186 valence electrons. The summed E-state index contributed by atoms with van der Waals surface area (Å²) in [6.45, 7) is 2.73. The van der Waals surface area contributed by atoms with Crippen LogP contribution in [0.1, 0.15) is 5.56 Å². The van der Waals surface area contributed by atoms with Crippen LogP contribution in [0.25, 0.3) is 44.5 Å². The van der Waals surface area contributed by atoms with Gasteiger partial charge in [-0.05, 0) is 34.9 Å². The van der Waals surface area contributed by atoms with Gasteiger partial charge in [0.25, 0.3) is 0 Å². The maximum Gasteiger partial charge on any atom is 0.138 e. The van der Waals surface area contributed by atoms with Crippen LogP contribution < -0.4 is 4.90 Å². The number of fused-ring (bicyclic) bond motifs is 1. The highest BCUT2D eigenvalue weighted by molar-refractivity contribution is 6.39. The number of imidazole rings is 1. The monoisotopic (exact) mass is 511 g/mol. The molecule has 4 heterocycles. The van der Waals surface area contributed by atoms with Gasteiger partial charge in [0.2, 0.25) is 0 Å². The molecule has 1 fully saturated rings. The van der Waals surface area contributed by atoms with Gasteiger partial charge in [-0.2, -0.15) is 0 Å². The zero-order chi connectivity index (χ0) is 25.4. The number of aromatic nitrogens is 4. The Hall–Kier alpha value is -3.78. The first kappa shape index (κ1) is 23.6. The van der Waals surface area contributed by atoms with E-state index in [0.29, 0.717) is 18.2 Å². The van der Waals surface area contributed by atoms with E-state index >= 15 is 0 Å². The van der Waals surface area contributed by atoms with E-state index in [1.165, 1.54) is 0 Å².